The van der Waals surface area contributed by atoms with E-state index in [0.717, 1.165) is 33.6 Å². The summed E-state index contributed by atoms with van der Waals surface area (Å²) in [5, 5.41) is 0.702. The average Bonchev–Trinajstić information content (AvgIpc) is 3.04. The van der Waals surface area contributed by atoms with Crippen molar-refractivity contribution in [3.8, 4) is 5.75 Å². The molecule has 0 N–H and O–H groups in total. The Hall–Kier alpha value is -3.23. The molecule has 4 aromatic carbocycles. The van der Waals surface area contributed by atoms with E-state index >= 15 is 0 Å². The van der Waals surface area contributed by atoms with Crippen molar-refractivity contribution in [1.82, 2.24) is 0 Å². The van der Waals surface area contributed by atoms with E-state index in [1.165, 1.54) is 0 Å². The number of rotatable bonds is 13. The minimum absolute atomic E-state index is 0.334. The number of benzene rings is 4. The molecule has 7 heteroatoms. The molecule has 0 unspecified atom stereocenters. The largest absolute Gasteiger partial charge is 0.494 e. The Balaban J connectivity index is 1.33. The zero-order chi connectivity index (χ0) is 30.4. The van der Waals surface area contributed by atoms with Gasteiger partial charge in [-0.15, -0.1) is 0 Å². The number of halogens is 1. The highest BCUT2D eigenvalue weighted by Crippen LogP contribution is 2.48. The first-order valence-corrected chi connectivity index (χ1v) is 15.6. The van der Waals surface area contributed by atoms with Gasteiger partial charge in [0.2, 0.25) is 0 Å². The van der Waals surface area contributed by atoms with Crippen LogP contribution in [-0.2, 0) is 43.3 Å². The maximum absolute atomic E-state index is 6.96. The quantitative estimate of drug-likeness (QED) is 0.157. The van der Waals surface area contributed by atoms with Crippen molar-refractivity contribution in [2.75, 3.05) is 26.9 Å². The molecular formula is C37H39ClO6. The van der Waals surface area contributed by atoms with Crippen molar-refractivity contribution in [2.45, 2.75) is 56.6 Å². The van der Waals surface area contributed by atoms with E-state index in [1.54, 1.807) is 7.11 Å². The van der Waals surface area contributed by atoms with Gasteiger partial charge in [-0.05, 0) is 59.4 Å². The fourth-order valence-electron chi connectivity index (χ4n) is 6.08. The molecule has 0 bridgehead atoms. The highest BCUT2D eigenvalue weighted by atomic mass is 35.5. The molecule has 5 atom stereocenters. The maximum atomic E-state index is 6.96. The van der Waals surface area contributed by atoms with Crippen LogP contribution < -0.4 is 4.74 Å². The minimum atomic E-state index is -0.651. The summed E-state index contributed by atoms with van der Waals surface area (Å²) < 4.78 is 37.8. The van der Waals surface area contributed by atoms with Gasteiger partial charge in [0, 0.05) is 12.1 Å². The molecule has 0 aromatic heterocycles. The first kappa shape index (κ1) is 30.8. The highest BCUT2D eigenvalue weighted by Gasteiger charge is 2.62. The van der Waals surface area contributed by atoms with E-state index in [-0.39, 0.29) is 6.10 Å². The lowest BCUT2D eigenvalue weighted by atomic mass is 9.79. The summed E-state index contributed by atoms with van der Waals surface area (Å²) in [7, 11) is 1.69. The van der Waals surface area contributed by atoms with Gasteiger partial charge in [-0.1, -0.05) is 96.5 Å². The van der Waals surface area contributed by atoms with Crippen LogP contribution in [-0.4, -0.2) is 50.8 Å². The fraction of sp³-hybridized carbons (Fsp3) is 0.351. The Morgan fingerprint density at radius 1 is 0.795 bits per heavy atom. The van der Waals surface area contributed by atoms with E-state index < -0.39 is 23.9 Å². The number of ether oxygens (including phenoxy) is 6. The van der Waals surface area contributed by atoms with E-state index in [9.17, 15) is 0 Å². The van der Waals surface area contributed by atoms with E-state index in [0.29, 0.717) is 44.5 Å². The van der Waals surface area contributed by atoms with Crippen LogP contribution in [0.4, 0.5) is 0 Å². The normalized spacial score (nSPS) is 24.3. The Morgan fingerprint density at radius 3 is 2.05 bits per heavy atom. The van der Waals surface area contributed by atoms with Gasteiger partial charge in [0.15, 0.2) is 0 Å². The van der Waals surface area contributed by atoms with Crippen molar-refractivity contribution in [3.63, 3.8) is 0 Å². The van der Waals surface area contributed by atoms with E-state index in [4.69, 9.17) is 40.0 Å². The summed E-state index contributed by atoms with van der Waals surface area (Å²) in [6, 6.07) is 34.6. The molecule has 0 aliphatic carbocycles. The summed E-state index contributed by atoms with van der Waals surface area (Å²) in [5.74, 6) is 0.854. The summed E-state index contributed by atoms with van der Waals surface area (Å²) in [6.07, 6.45) is -0.949. The Kier molecular flexibility index (Phi) is 9.97. The summed E-state index contributed by atoms with van der Waals surface area (Å²) in [5.41, 5.74) is 4.63. The Bertz CT molecular complexity index is 1480. The second kappa shape index (κ2) is 14.2. The Labute approximate surface area is 264 Å². The van der Waals surface area contributed by atoms with Gasteiger partial charge in [0.25, 0.3) is 0 Å². The smallest absolute Gasteiger partial charge is 0.144 e. The molecule has 2 aliphatic rings. The molecule has 230 valence electrons. The lowest BCUT2D eigenvalue weighted by Crippen LogP contribution is -2.73. The van der Waals surface area contributed by atoms with Gasteiger partial charge in [-0.2, -0.15) is 0 Å². The molecular weight excluding hydrogens is 576 g/mol. The van der Waals surface area contributed by atoms with Crippen LogP contribution in [0.1, 0.15) is 40.8 Å². The zero-order valence-electron chi connectivity index (χ0n) is 25.2. The third-order valence-corrected chi connectivity index (χ3v) is 8.66. The lowest BCUT2D eigenvalue weighted by Gasteiger charge is -2.58. The van der Waals surface area contributed by atoms with Crippen molar-refractivity contribution >= 4 is 11.6 Å². The number of methoxy groups -OCH3 is 1. The predicted octanol–water partition coefficient (Wildman–Crippen LogP) is 7.36. The molecule has 2 saturated heterocycles. The van der Waals surface area contributed by atoms with Crippen molar-refractivity contribution in [3.05, 3.63) is 136 Å². The Morgan fingerprint density at radius 2 is 1.45 bits per heavy atom. The fourth-order valence-corrected chi connectivity index (χ4v) is 6.26. The lowest BCUT2D eigenvalue weighted by molar-refractivity contribution is -0.376. The highest BCUT2D eigenvalue weighted by molar-refractivity contribution is 6.31. The molecule has 2 fully saturated rings. The first-order valence-electron chi connectivity index (χ1n) is 15.2. The SMILES string of the molecule is CCOc1ccc(Cc2cc([C@@H]3O[C@@]4(COC)CO[C@H]4[C@H](OCc4ccccc4)[C@H]3OCc3ccccc3)ccc2Cl)cc1. The van der Waals surface area contributed by atoms with Crippen LogP contribution in [0.2, 0.25) is 5.02 Å². The summed E-state index contributed by atoms with van der Waals surface area (Å²) >= 11 is 6.77. The molecule has 2 heterocycles. The van der Waals surface area contributed by atoms with E-state index in [2.05, 4.69) is 42.5 Å². The monoisotopic (exact) mass is 614 g/mol. The summed E-state index contributed by atoms with van der Waals surface area (Å²) in [4.78, 5) is 0. The van der Waals surface area contributed by atoms with Crippen LogP contribution in [0.15, 0.2) is 103 Å². The topological polar surface area (TPSA) is 55.4 Å². The molecule has 4 aromatic rings. The second-order valence-corrected chi connectivity index (χ2v) is 11.8. The zero-order valence-corrected chi connectivity index (χ0v) is 26.0. The number of hydrogen-bond donors (Lipinski definition) is 0. The standard InChI is InChI=1S/C37H39ClO6/c1-3-40-31-17-14-26(15-18-31)20-30-21-29(16-19-32(30)38)33-34(41-22-27-10-6-4-7-11-27)35(42-23-28-12-8-5-9-13-28)36-37(44-33,24-39-2)25-43-36/h4-19,21,33-36H,3,20,22-25H2,1-2H3/t33-,34-,35+,36-,37-/m0/s1. The molecule has 0 spiro atoms. The summed E-state index contributed by atoms with van der Waals surface area (Å²) in [6.45, 7) is 4.26. The minimum Gasteiger partial charge on any atom is -0.494 e. The van der Waals surface area contributed by atoms with Crippen LogP contribution in [0, 0.1) is 0 Å². The average molecular weight is 615 g/mol. The van der Waals surface area contributed by atoms with Crippen molar-refractivity contribution in [2.24, 2.45) is 0 Å². The van der Waals surface area contributed by atoms with Crippen LogP contribution in [0.3, 0.4) is 0 Å². The van der Waals surface area contributed by atoms with Crippen LogP contribution in [0.25, 0.3) is 0 Å². The number of fused-ring (bicyclic) bond motifs is 1. The molecule has 0 amide bonds. The van der Waals surface area contributed by atoms with Gasteiger partial charge < -0.3 is 28.4 Å². The molecule has 6 nitrogen and oxygen atoms in total. The molecule has 6 rings (SSSR count). The van der Waals surface area contributed by atoms with Crippen molar-refractivity contribution < 1.29 is 28.4 Å². The van der Waals surface area contributed by atoms with Crippen molar-refractivity contribution in [1.29, 1.82) is 0 Å². The third kappa shape index (κ3) is 6.86. The second-order valence-electron chi connectivity index (χ2n) is 11.4. The third-order valence-electron chi connectivity index (χ3n) is 8.29. The van der Waals surface area contributed by atoms with Crippen LogP contribution in [0.5, 0.6) is 5.75 Å². The van der Waals surface area contributed by atoms with Crippen LogP contribution >= 0.6 is 11.6 Å². The van der Waals surface area contributed by atoms with Gasteiger partial charge in [-0.3, -0.25) is 0 Å². The molecule has 0 radical (unpaired) electrons. The van der Waals surface area contributed by atoms with Gasteiger partial charge in [-0.25, -0.2) is 0 Å². The van der Waals surface area contributed by atoms with Gasteiger partial charge in [0.05, 0.1) is 33.0 Å². The van der Waals surface area contributed by atoms with E-state index in [1.807, 2.05) is 67.6 Å². The van der Waals surface area contributed by atoms with Gasteiger partial charge >= 0.3 is 0 Å². The number of hydrogen-bond acceptors (Lipinski definition) is 6. The molecule has 44 heavy (non-hydrogen) atoms. The predicted molar refractivity (Wildman–Crippen MR) is 170 cm³/mol. The molecule has 2 aliphatic heterocycles. The molecule has 0 saturated carbocycles. The first-order chi connectivity index (χ1) is 21.6. The van der Waals surface area contributed by atoms with Gasteiger partial charge in [0.1, 0.15) is 35.8 Å². The maximum Gasteiger partial charge on any atom is 0.144 e.